The van der Waals surface area contributed by atoms with Gasteiger partial charge in [0.2, 0.25) is 0 Å². The smallest absolute Gasteiger partial charge is 0.131 e. The molecule has 4 heteroatoms. The van der Waals surface area contributed by atoms with Crippen LogP contribution in [0.1, 0.15) is 66.6 Å². The van der Waals surface area contributed by atoms with Crippen LogP contribution in [0.4, 0.5) is 5.82 Å². The minimum absolute atomic E-state index is 0.00608. The summed E-state index contributed by atoms with van der Waals surface area (Å²) < 4.78 is 0.636. The summed E-state index contributed by atoms with van der Waals surface area (Å²) in [5, 5.41) is 3.55. The van der Waals surface area contributed by atoms with Crippen molar-refractivity contribution in [1.29, 1.82) is 0 Å². The van der Waals surface area contributed by atoms with E-state index in [1.807, 2.05) is 6.07 Å². The van der Waals surface area contributed by atoms with Gasteiger partial charge in [0.15, 0.2) is 0 Å². The van der Waals surface area contributed by atoms with E-state index in [4.69, 9.17) is 12.2 Å². The number of aromatic nitrogens is 2. The normalized spacial score (nSPS) is 12.8. The molecule has 1 rings (SSSR count). The van der Waals surface area contributed by atoms with Crippen molar-refractivity contribution in [1.82, 2.24) is 9.97 Å². The molecule has 0 spiro atoms. The van der Waals surface area contributed by atoms with E-state index in [1.54, 1.807) is 0 Å². The van der Waals surface area contributed by atoms with Gasteiger partial charge >= 0.3 is 0 Å². The molecule has 108 valence electrons. The van der Waals surface area contributed by atoms with Gasteiger partial charge in [-0.25, -0.2) is 4.98 Å². The lowest BCUT2D eigenvalue weighted by molar-refractivity contribution is 0.302. The lowest BCUT2D eigenvalue weighted by Crippen LogP contribution is -2.35. The second-order valence-corrected chi connectivity index (χ2v) is 7.84. The maximum atomic E-state index is 5.23. The molecule has 19 heavy (non-hydrogen) atoms. The molecule has 0 aromatic carbocycles. The van der Waals surface area contributed by atoms with Gasteiger partial charge in [-0.15, -0.1) is 0 Å². The van der Waals surface area contributed by atoms with Crippen molar-refractivity contribution in [3.05, 3.63) is 16.5 Å². The van der Waals surface area contributed by atoms with E-state index in [9.17, 15) is 0 Å². The van der Waals surface area contributed by atoms with Crippen LogP contribution in [-0.4, -0.2) is 15.5 Å². The zero-order chi connectivity index (χ0) is 14.8. The van der Waals surface area contributed by atoms with Crippen molar-refractivity contribution in [3.8, 4) is 0 Å². The fourth-order valence-corrected chi connectivity index (χ4v) is 2.77. The second kappa shape index (κ2) is 5.61. The van der Waals surface area contributed by atoms with Crippen LogP contribution < -0.4 is 5.32 Å². The Morgan fingerprint density at radius 2 is 1.84 bits per heavy atom. The molecular weight excluding hydrogens is 254 g/mol. The molecule has 0 aliphatic rings. The van der Waals surface area contributed by atoms with Crippen LogP contribution >= 0.6 is 12.2 Å². The van der Waals surface area contributed by atoms with E-state index in [2.05, 4.69) is 63.8 Å². The van der Waals surface area contributed by atoms with Gasteiger partial charge in [-0.3, -0.25) is 0 Å². The van der Waals surface area contributed by atoms with E-state index in [1.165, 1.54) is 0 Å². The Hall–Kier alpha value is -0.900. The van der Waals surface area contributed by atoms with Crippen LogP contribution in [0, 0.1) is 10.1 Å². The molecule has 0 saturated carbocycles. The molecule has 0 amide bonds. The Kier molecular flexibility index (Phi) is 4.77. The monoisotopic (exact) mass is 281 g/mol. The maximum Gasteiger partial charge on any atom is 0.131 e. The highest BCUT2D eigenvalue weighted by molar-refractivity contribution is 7.71. The fourth-order valence-electron chi connectivity index (χ4n) is 2.55. The van der Waals surface area contributed by atoms with Crippen molar-refractivity contribution in [2.75, 3.05) is 5.32 Å². The zero-order valence-corrected chi connectivity index (χ0v) is 14.0. The van der Waals surface area contributed by atoms with Gasteiger partial charge in [0, 0.05) is 17.5 Å². The first-order chi connectivity index (χ1) is 8.48. The second-order valence-electron chi connectivity index (χ2n) is 7.42. The number of anilines is 1. The molecule has 0 atom stereocenters. The van der Waals surface area contributed by atoms with Crippen LogP contribution in [0.25, 0.3) is 0 Å². The highest BCUT2D eigenvalue weighted by Crippen LogP contribution is 2.29. The molecule has 1 aromatic heterocycles. The molecule has 0 bridgehead atoms. The Balaban J connectivity index is 2.96. The predicted molar refractivity (Wildman–Crippen MR) is 85.3 cm³/mol. The van der Waals surface area contributed by atoms with E-state index in [0.717, 1.165) is 18.1 Å². The van der Waals surface area contributed by atoms with Crippen molar-refractivity contribution < 1.29 is 0 Å². The minimum Gasteiger partial charge on any atom is -0.367 e. The van der Waals surface area contributed by atoms with Crippen LogP contribution in [0.15, 0.2) is 6.07 Å². The number of H-pyrrole nitrogens is 1. The third kappa shape index (κ3) is 5.72. The maximum absolute atomic E-state index is 5.23. The Bertz CT molecular complexity index is 481. The summed E-state index contributed by atoms with van der Waals surface area (Å²) in [5.74, 6) is 2.23. The van der Waals surface area contributed by atoms with Gasteiger partial charge in [-0.05, 0) is 25.7 Å². The van der Waals surface area contributed by atoms with Crippen molar-refractivity contribution in [2.24, 2.45) is 5.41 Å². The Morgan fingerprint density at radius 1 is 1.26 bits per heavy atom. The van der Waals surface area contributed by atoms with E-state index in [0.29, 0.717) is 10.6 Å². The first-order valence-corrected chi connectivity index (χ1v) is 7.29. The molecule has 0 aliphatic carbocycles. The molecule has 1 heterocycles. The first kappa shape index (κ1) is 16.2. The average molecular weight is 281 g/mol. The zero-order valence-electron chi connectivity index (χ0n) is 13.2. The molecule has 0 saturated heterocycles. The molecule has 3 nitrogen and oxygen atoms in total. The minimum atomic E-state index is 0.00608. The summed E-state index contributed by atoms with van der Waals surface area (Å²) in [5.41, 5.74) is 0.285. The van der Waals surface area contributed by atoms with Crippen LogP contribution in [0.5, 0.6) is 0 Å². The van der Waals surface area contributed by atoms with Crippen LogP contribution in [0.2, 0.25) is 0 Å². The third-order valence-electron chi connectivity index (χ3n) is 2.75. The first-order valence-electron chi connectivity index (χ1n) is 6.88. The topological polar surface area (TPSA) is 40.7 Å². The lowest BCUT2D eigenvalue weighted by atomic mass is 9.82. The summed E-state index contributed by atoms with van der Waals surface area (Å²) in [6, 6.07) is 1.89. The average Bonchev–Trinajstić information content (AvgIpc) is 2.10. The SMILES string of the molecule is CC(C)c1nc(=S)cc(NC(C)(C)CC(C)(C)C)[nH]1. The summed E-state index contributed by atoms with van der Waals surface area (Å²) >= 11 is 5.23. The quantitative estimate of drug-likeness (QED) is 0.772. The number of hydrogen-bond acceptors (Lipinski definition) is 3. The van der Waals surface area contributed by atoms with E-state index in [-0.39, 0.29) is 11.0 Å². The largest absolute Gasteiger partial charge is 0.367 e. The lowest BCUT2D eigenvalue weighted by Gasteiger charge is -2.34. The third-order valence-corrected chi connectivity index (χ3v) is 2.96. The van der Waals surface area contributed by atoms with Gasteiger partial charge in [0.05, 0.1) is 0 Å². The fraction of sp³-hybridized carbons (Fsp3) is 0.733. The van der Waals surface area contributed by atoms with E-state index < -0.39 is 0 Å². The van der Waals surface area contributed by atoms with Gasteiger partial charge in [0.1, 0.15) is 16.3 Å². The molecule has 0 fully saturated rings. The van der Waals surface area contributed by atoms with Crippen molar-refractivity contribution in [3.63, 3.8) is 0 Å². The number of nitrogens with one attached hydrogen (secondary N) is 2. The molecule has 0 aliphatic heterocycles. The molecule has 1 aromatic rings. The summed E-state index contributed by atoms with van der Waals surface area (Å²) in [4.78, 5) is 7.69. The number of nitrogens with zero attached hydrogens (tertiary/aromatic N) is 1. The Labute approximate surface area is 122 Å². The van der Waals surface area contributed by atoms with Crippen molar-refractivity contribution >= 4 is 18.0 Å². The predicted octanol–water partition coefficient (Wildman–Crippen LogP) is 4.89. The summed E-state index contributed by atoms with van der Waals surface area (Å²) in [6.07, 6.45) is 1.07. The van der Waals surface area contributed by atoms with Crippen LogP contribution in [-0.2, 0) is 0 Å². The van der Waals surface area contributed by atoms with Crippen molar-refractivity contribution in [2.45, 2.75) is 66.3 Å². The van der Waals surface area contributed by atoms with Gasteiger partial charge in [-0.1, -0.05) is 46.8 Å². The van der Waals surface area contributed by atoms with Gasteiger partial charge < -0.3 is 10.3 Å². The molecule has 0 radical (unpaired) electrons. The standard InChI is InChI=1S/C15H27N3S/c1-10(2)13-16-11(8-12(19)17-13)18-15(6,7)9-14(3,4)5/h8,10H,9H2,1-7H3,(H2,16,17,18,19). The molecule has 2 N–H and O–H groups in total. The highest BCUT2D eigenvalue weighted by atomic mass is 32.1. The Morgan fingerprint density at radius 3 is 2.32 bits per heavy atom. The number of aromatic amines is 1. The van der Waals surface area contributed by atoms with Gasteiger partial charge in [0.25, 0.3) is 0 Å². The van der Waals surface area contributed by atoms with Crippen LogP contribution in [0.3, 0.4) is 0 Å². The highest BCUT2D eigenvalue weighted by Gasteiger charge is 2.25. The van der Waals surface area contributed by atoms with Gasteiger partial charge in [-0.2, -0.15) is 0 Å². The summed E-state index contributed by atoms with van der Waals surface area (Å²) in [7, 11) is 0. The molecule has 0 unspecified atom stereocenters. The number of hydrogen-bond donors (Lipinski definition) is 2. The molecular formula is C15H27N3S. The summed E-state index contributed by atoms with van der Waals surface area (Å²) in [6.45, 7) is 15.4. The van der Waals surface area contributed by atoms with E-state index >= 15 is 0 Å². The number of rotatable bonds is 4.